The summed E-state index contributed by atoms with van der Waals surface area (Å²) in [6.07, 6.45) is 2.44. The van der Waals surface area contributed by atoms with E-state index >= 15 is 0 Å². The van der Waals surface area contributed by atoms with Gasteiger partial charge in [0.05, 0.1) is 19.2 Å². The van der Waals surface area contributed by atoms with Crippen molar-refractivity contribution in [2.75, 3.05) is 12.4 Å². The molecule has 0 saturated heterocycles. The third kappa shape index (κ3) is 2.71. The number of benzene rings is 2. The molecule has 1 N–H and O–H groups in total. The molecule has 0 bridgehead atoms. The Morgan fingerprint density at radius 1 is 1.17 bits per heavy atom. The number of aromatic nitrogens is 3. The molecule has 2 atom stereocenters. The van der Waals surface area contributed by atoms with Crippen LogP contribution in [-0.2, 0) is 0 Å². The first-order valence-electron chi connectivity index (χ1n) is 7.80. The van der Waals surface area contributed by atoms with Gasteiger partial charge in [-0.2, -0.15) is 10.1 Å². The van der Waals surface area contributed by atoms with Crippen LogP contribution in [0.3, 0.4) is 0 Å². The maximum Gasteiger partial charge on any atom is 0.222 e. The molecule has 24 heavy (non-hydrogen) atoms. The van der Waals surface area contributed by atoms with Crippen LogP contribution in [0.1, 0.15) is 29.6 Å². The molecule has 0 aliphatic carbocycles. The van der Waals surface area contributed by atoms with Crippen LogP contribution < -0.4 is 10.1 Å². The average molecular weight is 341 g/mol. The maximum atomic E-state index is 6.18. The molecule has 122 valence electrons. The molecule has 2 heterocycles. The normalized spacial score (nSPS) is 19.4. The van der Waals surface area contributed by atoms with Crippen molar-refractivity contribution in [1.82, 2.24) is 14.8 Å². The van der Waals surface area contributed by atoms with Gasteiger partial charge in [0.15, 0.2) is 0 Å². The van der Waals surface area contributed by atoms with Crippen molar-refractivity contribution in [3.8, 4) is 5.75 Å². The molecule has 0 saturated carbocycles. The molecular formula is C18H17ClN4O. The van der Waals surface area contributed by atoms with E-state index in [1.807, 2.05) is 35.0 Å². The lowest BCUT2D eigenvalue weighted by Gasteiger charge is -2.32. The van der Waals surface area contributed by atoms with Gasteiger partial charge >= 0.3 is 0 Å². The summed E-state index contributed by atoms with van der Waals surface area (Å²) >= 11 is 6.18. The molecule has 2 unspecified atom stereocenters. The number of nitrogens with zero attached hydrogens (tertiary/aromatic N) is 3. The van der Waals surface area contributed by atoms with Crippen LogP contribution in [0.25, 0.3) is 0 Å². The predicted octanol–water partition coefficient (Wildman–Crippen LogP) is 4.09. The van der Waals surface area contributed by atoms with Crippen LogP contribution in [0.5, 0.6) is 5.75 Å². The first kappa shape index (κ1) is 15.0. The Kier molecular flexibility index (Phi) is 3.86. The standard InChI is InChI=1S/C18H17ClN4O/c1-24-15-7-5-12(6-8-15)16-10-17(13-3-2-4-14(19)9-13)23-18(22-16)20-11-21-23/h2-9,11,16-17H,10H2,1H3,(H,20,21,22). The van der Waals surface area contributed by atoms with Gasteiger partial charge in [0, 0.05) is 5.02 Å². The Labute approximate surface area is 145 Å². The summed E-state index contributed by atoms with van der Waals surface area (Å²) in [5.74, 6) is 1.62. The van der Waals surface area contributed by atoms with Gasteiger partial charge in [0.2, 0.25) is 5.95 Å². The molecule has 1 aromatic heterocycles. The van der Waals surface area contributed by atoms with E-state index in [0.717, 1.165) is 28.7 Å². The van der Waals surface area contributed by atoms with Crippen molar-refractivity contribution < 1.29 is 4.74 Å². The SMILES string of the molecule is COc1ccc(C2CC(c3cccc(Cl)c3)n3ncnc3N2)cc1. The summed E-state index contributed by atoms with van der Waals surface area (Å²) in [7, 11) is 1.67. The fourth-order valence-corrected chi connectivity index (χ4v) is 3.36. The highest BCUT2D eigenvalue weighted by atomic mass is 35.5. The van der Waals surface area contributed by atoms with Crippen LogP contribution in [-0.4, -0.2) is 21.9 Å². The molecule has 1 aliphatic rings. The van der Waals surface area contributed by atoms with E-state index in [1.165, 1.54) is 5.56 Å². The van der Waals surface area contributed by atoms with Gasteiger partial charge in [-0.05, 0) is 41.8 Å². The quantitative estimate of drug-likeness (QED) is 0.780. The molecule has 3 aromatic rings. The lowest BCUT2D eigenvalue weighted by atomic mass is 9.93. The third-order valence-corrected chi connectivity index (χ3v) is 4.62. The fourth-order valence-electron chi connectivity index (χ4n) is 3.17. The first-order valence-corrected chi connectivity index (χ1v) is 8.18. The van der Waals surface area contributed by atoms with Gasteiger partial charge in [0.1, 0.15) is 12.1 Å². The zero-order chi connectivity index (χ0) is 16.5. The highest BCUT2D eigenvalue weighted by Crippen LogP contribution is 2.38. The van der Waals surface area contributed by atoms with Crippen molar-refractivity contribution in [1.29, 1.82) is 0 Å². The van der Waals surface area contributed by atoms with Crippen LogP contribution in [0.4, 0.5) is 5.95 Å². The molecule has 6 heteroatoms. The molecule has 4 rings (SSSR count). The molecule has 5 nitrogen and oxygen atoms in total. The van der Waals surface area contributed by atoms with Gasteiger partial charge in [0.25, 0.3) is 0 Å². The van der Waals surface area contributed by atoms with E-state index in [-0.39, 0.29) is 12.1 Å². The molecule has 2 aromatic carbocycles. The van der Waals surface area contributed by atoms with Crippen molar-refractivity contribution in [3.05, 3.63) is 71.0 Å². The Morgan fingerprint density at radius 2 is 2.00 bits per heavy atom. The largest absolute Gasteiger partial charge is 0.497 e. The Balaban J connectivity index is 1.70. The molecule has 0 spiro atoms. The number of hydrogen-bond donors (Lipinski definition) is 1. The summed E-state index contributed by atoms with van der Waals surface area (Å²) in [6, 6.07) is 16.3. The number of methoxy groups -OCH3 is 1. The second kappa shape index (κ2) is 6.17. The van der Waals surface area contributed by atoms with Gasteiger partial charge in [-0.1, -0.05) is 35.9 Å². The van der Waals surface area contributed by atoms with E-state index in [4.69, 9.17) is 16.3 Å². The molecule has 0 radical (unpaired) electrons. The van der Waals surface area contributed by atoms with Crippen LogP contribution in [0.15, 0.2) is 54.9 Å². The molecular weight excluding hydrogens is 324 g/mol. The number of fused-ring (bicyclic) bond motifs is 1. The smallest absolute Gasteiger partial charge is 0.222 e. The van der Waals surface area contributed by atoms with E-state index < -0.39 is 0 Å². The minimum absolute atomic E-state index is 0.0922. The monoisotopic (exact) mass is 340 g/mol. The third-order valence-electron chi connectivity index (χ3n) is 4.38. The van der Waals surface area contributed by atoms with Crippen molar-refractivity contribution in [2.24, 2.45) is 0 Å². The lowest BCUT2D eigenvalue weighted by molar-refractivity contribution is 0.413. The fraction of sp³-hybridized carbons (Fsp3) is 0.222. The lowest BCUT2D eigenvalue weighted by Crippen LogP contribution is -2.28. The second-order valence-electron chi connectivity index (χ2n) is 5.80. The summed E-state index contributed by atoms with van der Waals surface area (Å²) in [5, 5.41) is 8.57. The first-order chi connectivity index (χ1) is 11.7. The molecule has 0 amide bonds. The van der Waals surface area contributed by atoms with Crippen LogP contribution in [0, 0.1) is 0 Å². The van der Waals surface area contributed by atoms with Crippen LogP contribution in [0.2, 0.25) is 5.02 Å². The van der Waals surface area contributed by atoms with Gasteiger partial charge < -0.3 is 10.1 Å². The van der Waals surface area contributed by atoms with Gasteiger partial charge in [-0.3, -0.25) is 0 Å². The average Bonchev–Trinajstić information content (AvgIpc) is 3.09. The van der Waals surface area contributed by atoms with E-state index in [9.17, 15) is 0 Å². The number of hydrogen-bond acceptors (Lipinski definition) is 4. The highest BCUT2D eigenvalue weighted by Gasteiger charge is 2.29. The van der Waals surface area contributed by atoms with Crippen molar-refractivity contribution in [3.63, 3.8) is 0 Å². The number of anilines is 1. The van der Waals surface area contributed by atoms with E-state index in [0.29, 0.717) is 0 Å². The second-order valence-corrected chi connectivity index (χ2v) is 6.24. The van der Waals surface area contributed by atoms with Gasteiger partial charge in [-0.25, -0.2) is 4.68 Å². The summed E-state index contributed by atoms with van der Waals surface area (Å²) in [5.41, 5.74) is 2.33. The number of rotatable bonds is 3. The van der Waals surface area contributed by atoms with Crippen LogP contribution >= 0.6 is 11.6 Å². The Hall–Kier alpha value is -2.53. The maximum absolute atomic E-state index is 6.18. The van der Waals surface area contributed by atoms with E-state index in [1.54, 1.807) is 13.4 Å². The number of halogens is 1. The summed E-state index contributed by atoms with van der Waals surface area (Å²) < 4.78 is 7.16. The minimum Gasteiger partial charge on any atom is -0.497 e. The van der Waals surface area contributed by atoms with Crippen molar-refractivity contribution in [2.45, 2.75) is 18.5 Å². The Morgan fingerprint density at radius 3 is 2.75 bits per heavy atom. The van der Waals surface area contributed by atoms with Crippen molar-refractivity contribution >= 4 is 17.5 Å². The predicted molar refractivity (Wildman–Crippen MR) is 93.6 cm³/mol. The topological polar surface area (TPSA) is 52.0 Å². The highest BCUT2D eigenvalue weighted by molar-refractivity contribution is 6.30. The zero-order valence-corrected chi connectivity index (χ0v) is 13.9. The summed E-state index contributed by atoms with van der Waals surface area (Å²) in [6.45, 7) is 0. The number of nitrogens with one attached hydrogen (secondary N) is 1. The Bertz CT molecular complexity index is 846. The minimum atomic E-state index is 0.0922. The number of ether oxygens (including phenoxy) is 1. The summed E-state index contributed by atoms with van der Waals surface area (Å²) in [4.78, 5) is 4.35. The molecule has 0 fully saturated rings. The van der Waals surface area contributed by atoms with E-state index in [2.05, 4.69) is 33.6 Å². The molecule has 1 aliphatic heterocycles. The van der Waals surface area contributed by atoms with Gasteiger partial charge in [-0.15, -0.1) is 0 Å². The zero-order valence-electron chi connectivity index (χ0n) is 13.2.